The average molecular weight is 336 g/mol. The van der Waals surface area contributed by atoms with Crippen molar-refractivity contribution in [3.63, 3.8) is 0 Å². The Bertz CT molecular complexity index is 873. The van der Waals surface area contributed by atoms with Crippen LogP contribution in [-0.4, -0.2) is 38.5 Å². The molecule has 3 rings (SSSR count). The van der Waals surface area contributed by atoms with Gasteiger partial charge in [0.15, 0.2) is 0 Å². The Morgan fingerprint density at radius 1 is 1.12 bits per heavy atom. The highest BCUT2D eigenvalue weighted by molar-refractivity contribution is 5.95. The predicted octanol–water partition coefficient (Wildman–Crippen LogP) is 2.12. The second-order valence-electron chi connectivity index (χ2n) is 5.60. The number of imidazole rings is 1. The molecule has 2 aromatic heterocycles. The van der Waals surface area contributed by atoms with Crippen LogP contribution in [0.1, 0.15) is 21.7 Å². The Kier molecular flexibility index (Phi) is 5.03. The van der Waals surface area contributed by atoms with Crippen LogP contribution in [-0.2, 0) is 0 Å². The molecule has 3 aromatic rings. The van der Waals surface area contributed by atoms with Gasteiger partial charge in [-0.3, -0.25) is 9.36 Å². The van der Waals surface area contributed by atoms with E-state index in [1.54, 1.807) is 6.20 Å². The van der Waals surface area contributed by atoms with Crippen molar-refractivity contribution in [3.8, 4) is 5.82 Å². The van der Waals surface area contributed by atoms with Gasteiger partial charge in [-0.25, -0.2) is 15.0 Å². The molecule has 0 radical (unpaired) electrons. The molecule has 2 heterocycles. The third-order valence-electron chi connectivity index (χ3n) is 3.83. The molecule has 0 saturated heterocycles. The topological polar surface area (TPSA) is 84.7 Å². The largest absolute Gasteiger partial charge is 0.368 e. The lowest BCUT2D eigenvalue weighted by Crippen LogP contribution is -2.29. The van der Waals surface area contributed by atoms with E-state index in [1.807, 2.05) is 54.9 Å². The third kappa shape index (κ3) is 4.00. The van der Waals surface area contributed by atoms with Gasteiger partial charge in [-0.2, -0.15) is 0 Å². The Balaban J connectivity index is 1.54. The van der Waals surface area contributed by atoms with E-state index < -0.39 is 0 Å². The monoisotopic (exact) mass is 336 g/mol. The number of hydrogen-bond acceptors (Lipinski definition) is 5. The van der Waals surface area contributed by atoms with Crippen molar-refractivity contribution < 1.29 is 4.79 Å². The number of amides is 1. The van der Waals surface area contributed by atoms with Gasteiger partial charge < -0.3 is 10.6 Å². The molecule has 0 fully saturated rings. The quantitative estimate of drug-likeness (QED) is 0.674. The Hall–Kier alpha value is -3.22. The maximum absolute atomic E-state index is 12.1. The first-order valence-corrected chi connectivity index (χ1v) is 8.05. The number of carbonyl (C=O) groups excluding carboxylic acids is 1. The molecule has 0 saturated carbocycles. The van der Waals surface area contributed by atoms with Gasteiger partial charge in [-0.1, -0.05) is 18.2 Å². The van der Waals surface area contributed by atoms with E-state index >= 15 is 0 Å². The highest BCUT2D eigenvalue weighted by Crippen LogP contribution is 2.10. The van der Waals surface area contributed by atoms with Crippen LogP contribution < -0.4 is 10.6 Å². The number of nitrogens with zero attached hydrogens (tertiary/aromatic N) is 4. The lowest BCUT2D eigenvalue weighted by Gasteiger charge is -2.10. The first-order chi connectivity index (χ1) is 12.1. The van der Waals surface area contributed by atoms with Crippen molar-refractivity contribution in [1.29, 1.82) is 0 Å². The molecule has 0 aliphatic carbocycles. The molecule has 0 spiro atoms. The molecular formula is C18H20N6O. The lowest BCUT2D eigenvalue weighted by molar-refractivity contribution is 0.0954. The molecule has 128 valence electrons. The van der Waals surface area contributed by atoms with Gasteiger partial charge in [-0.15, -0.1) is 0 Å². The molecule has 25 heavy (non-hydrogen) atoms. The van der Waals surface area contributed by atoms with Crippen molar-refractivity contribution in [2.45, 2.75) is 13.8 Å². The second kappa shape index (κ2) is 7.57. The third-order valence-corrected chi connectivity index (χ3v) is 3.83. The number of rotatable bonds is 6. The zero-order chi connectivity index (χ0) is 17.6. The highest BCUT2D eigenvalue weighted by atomic mass is 16.1. The Morgan fingerprint density at radius 2 is 1.96 bits per heavy atom. The summed E-state index contributed by atoms with van der Waals surface area (Å²) < 4.78 is 1.88. The number of aromatic nitrogens is 4. The summed E-state index contributed by atoms with van der Waals surface area (Å²) in [5.41, 5.74) is 1.66. The fourth-order valence-corrected chi connectivity index (χ4v) is 2.49. The van der Waals surface area contributed by atoms with E-state index in [0.29, 0.717) is 24.5 Å². The van der Waals surface area contributed by atoms with Crippen LogP contribution in [0.3, 0.4) is 0 Å². The highest BCUT2D eigenvalue weighted by Gasteiger charge is 2.07. The van der Waals surface area contributed by atoms with Gasteiger partial charge in [0.2, 0.25) is 0 Å². The van der Waals surface area contributed by atoms with Crippen LogP contribution in [0.25, 0.3) is 5.82 Å². The molecule has 0 unspecified atom stereocenters. The van der Waals surface area contributed by atoms with Crippen LogP contribution in [0.5, 0.6) is 0 Å². The summed E-state index contributed by atoms with van der Waals surface area (Å²) in [6.45, 7) is 4.90. The second-order valence-corrected chi connectivity index (χ2v) is 5.60. The fourth-order valence-electron chi connectivity index (χ4n) is 2.49. The minimum absolute atomic E-state index is 0.0719. The van der Waals surface area contributed by atoms with Gasteiger partial charge in [0.05, 0.1) is 0 Å². The number of hydrogen-bond donors (Lipinski definition) is 2. The minimum atomic E-state index is -0.0719. The molecule has 0 aliphatic heterocycles. The summed E-state index contributed by atoms with van der Waals surface area (Å²) >= 11 is 0. The SMILES string of the molecule is Cc1ccccc1C(=O)NCCNc1cc(-n2ccnc2C)ncn1. The van der Waals surface area contributed by atoms with E-state index in [4.69, 9.17) is 0 Å². The van der Waals surface area contributed by atoms with E-state index in [-0.39, 0.29) is 5.91 Å². The molecule has 7 heteroatoms. The molecular weight excluding hydrogens is 316 g/mol. The van der Waals surface area contributed by atoms with Gasteiger partial charge in [0.25, 0.3) is 5.91 Å². The first-order valence-electron chi connectivity index (χ1n) is 8.05. The van der Waals surface area contributed by atoms with Gasteiger partial charge >= 0.3 is 0 Å². The summed E-state index contributed by atoms with van der Waals surface area (Å²) in [6, 6.07) is 9.37. The normalized spacial score (nSPS) is 10.5. The lowest BCUT2D eigenvalue weighted by atomic mass is 10.1. The van der Waals surface area contributed by atoms with Gasteiger partial charge in [0.1, 0.15) is 23.8 Å². The Morgan fingerprint density at radius 3 is 2.72 bits per heavy atom. The molecule has 1 amide bonds. The van der Waals surface area contributed by atoms with Crippen LogP contribution >= 0.6 is 0 Å². The minimum Gasteiger partial charge on any atom is -0.368 e. The summed E-state index contributed by atoms with van der Waals surface area (Å²) in [4.78, 5) is 24.8. The van der Waals surface area contributed by atoms with Crippen LogP contribution in [0, 0.1) is 13.8 Å². The van der Waals surface area contributed by atoms with E-state index in [1.165, 1.54) is 6.33 Å². The number of nitrogens with one attached hydrogen (secondary N) is 2. The fraction of sp³-hybridized carbons (Fsp3) is 0.222. The zero-order valence-electron chi connectivity index (χ0n) is 14.2. The first kappa shape index (κ1) is 16.6. The van der Waals surface area contributed by atoms with E-state index in [2.05, 4.69) is 25.6 Å². The number of aryl methyl sites for hydroxylation is 2. The van der Waals surface area contributed by atoms with Crippen molar-refractivity contribution in [1.82, 2.24) is 24.8 Å². The smallest absolute Gasteiger partial charge is 0.251 e. The summed E-state index contributed by atoms with van der Waals surface area (Å²) in [5.74, 6) is 2.23. The summed E-state index contributed by atoms with van der Waals surface area (Å²) in [6.07, 6.45) is 5.08. The predicted molar refractivity (Wildman–Crippen MR) is 95.9 cm³/mol. The van der Waals surface area contributed by atoms with E-state index in [0.717, 1.165) is 17.2 Å². The van der Waals surface area contributed by atoms with Crippen LogP contribution in [0.4, 0.5) is 5.82 Å². The maximum Gasteiger partial charge on any atom is 0.251 e. The maximum atomic E-state index is 12.1. The van der Waals surface area contributed by atoms with E-state index in [9.17, 15) is 4.79 Å². The van der Waals surface area contributed by atoms with Crippen molar-refractivity contribution in [2.24, 2.45) is 0 Å². The number of benzene rings is 1. The molecule has 0 atom stereocenters. The molecule has 1 aromatic carbocycles. The van der Waals surface area contributed by atoms with Gasteiger partial charge in [-0.05, 0) is 25.5 Å². The molecule has 0 bridgehead atoms. The standard InChI is InChI=1S/C18H20N6O/c1-13-5-3-4-6-15(13)18(25)21-8-7-20-16-11-17(23-12-22-16)24-10-9-19-14(24)2/h3-6,9-12H,7-8H2,1-2H3,(H,21,25)(H,20,22,23). The summed E-state index contributed by atoms with van der Waals surface area (Å²) in [7, 11) is 0. The summed E-state index contributed by atoms with van der Waals surface area (Å²) in [5, 5.41) is 6.09. The Labute approximate surface area is 146 Å². The molecule has 7 nitrogen and oxygen atoms in total. The van der Waals surface area contributed by atoms with Crippen molar-refractivity contribution >= 4 is 11.7 Å². The average Bonchev–Trinajstić information content (AvgIpc) is 3.05. The van der Waals surface area contributed by atoms with Gasteiger partial charge in [0, 0.05) is 37.1 Å². The van der Waals surface area contributed by atoms with Crippen LogP contribution in [0.15, 0.2) is 49.1 Å². The van der Waals surface area contributed by atoms with Crippen LogP contribution in [0.2, 0.25) is 0 Å². The van der Waals surface area contributed by atoms with Crippen molar-refractivity contribution in [3.05, 3.63) is 66.0 Å². The molecule has 0 aliphatic rings. The number of carbonyl (C=O) groups is 1. The zero-order valence-corrected chi connectivity index (χ0v) is 14.2. The van der Waals surface area contributed by atoms with Crippen molar-refractivity contribution in [2.75, 3.05) is 18.4 Å². The number of anilines is 1. The molecule has 2 N–H and O–H groups in total.